The first kappa shape index (κ1) is 20.2. The number of benzene rings is 3. The summed E-state index contributed by atoms with van der Waals surface area (Å²) in [6.45, 7) is 4.02. The van der Waals surface area contributed by atoms with Crippen molar-refractivity contribution in [1.82, 2.24) is 0 Å². The SMILES string of the molecule is Cc1ccc(N2C(=O)CS[C@@H]2c2ccccc2NC(=O)c2ccc(F)cc2)c(C)c1. The van der Waals surface area contributed by atoms with E-state index < -0.39 is 5.82 Å². The van der Waals surface area contributed by atoms with Crippen molar-refractivity contribution in [2.24, 2.45) is 0 Å². The summed E-state index contributed by atoms with van der Waals surface area (Å²) in [5.41, 5.74) is 4.90. The van der Waals surface area contributed by atoms with Crippen LogP contribution in [0.15, 0.2) is 66.7 Å². The van der Waals surface area contributed by atoms with Gasteiger partial charge in [0.1, 0.15) is 11.2 Å². The molecular weight excluding hydrogens is 399 g/mol. The Morgan fingerprint density at radius 2 is 1.80 bits per heavy atom. The predicted molar refractivity (Wildman–Crippen MR) is 119 cm³/mol. The molecule has 0 radical (unpaired) electrons. The first-order valence-corrected chi connectivity index (χ1v) is 10.7. The number of rotatable bonds is 4. The Hall–Kier alpha value is -3.12. The second-order valence-electron chi connectivity index (χ2n) is 7.27. The van der Waals surface area contributed by atoms with Crippen molar-refractivity contribution in [3.05, 3.63) is 94.8 Å². The molecule has 0 spiro atoms. The molecule has 1 heterocycles. The van der Waals surface area contributed by atoms with Crippen LogP contribution in [0.5, 0.6) is 0 Å². The van der Waals surface area contributed by atoms with Crippen molar-refractivity contribution in [2.45, 2.75) is 19.2 Å². The summed E-state index contributed by atoms with van der Waals surface area (Å²) in [6.07, 6.45) is 0. The molecule has 3 aromatic carbocycles. The molecule has 0 aliphatic carbocycles. The Morgan fingerprint density at radius 3 is 2.53 bits per heavy atom. The minimum Gasteiger partial charge on any atom is -0.322 e. The lowest BCUT2D eigenvalue weighted by Gasteiger charge is -2.27. The van der Waals surface area contributed by atoms with Gasteiger partial charge in [0.25, 0.3) is 5.91 Å². The van der Waals surface area contributed by atoms with Gasteiger partial charge in [0.2, 0.25) is 5.91 Å². The van der Waals surface area contributed by atoms with E-state index in [1.165, 1.54) is 36.0 Å². The van der Waals surface area contributed by atoms with E-state index in [-0.39, 0.29) is 17.2 Å². The van der Waals surface area contributed by atoms with E-state index in [0.29, 0.717) is 17.0 Å². The average Bonchev–Trinajstić information content (AvgIpc) is 3.10. The van der Waals surface area contributed by atoms with E-state index in [2.05, 4.69) is 11.4 Å². The maximum absolute atomic E-state index is 13.2. The molecule has 4 nitrogen and oxygen atoms in total. The molecule has 30 heavy (non-hydrogen) atoms. The van der Waals surface area contributed by atoms with E-state index in [4.69, 9.17) is 0 Å². The second-order valence-corrected chi connectivity index (χ2v) is 8.33. The number of para-hydroxylation sites is 1. The van der Waals surface area contributed by atoms with Gasteiger partial charge in [0, 0.05) is 22.5 Å². The first-order valence-electron chi connectivity index (χ1n) is 9.61. The van der Waals surface area contributed by atoms with Gasteiger partial charge in [0.15, 0.2) is 0 Å². The zero-order valence-corrected chi connectivity index (χ0v) is 17.5. The third-order valence-electron chi connectivity index (χ3n) is 5.06. The van der Waals surface area contributed by atoms with Gasteiger partial charge in [-0.15, -0.1) is 11.8 Å². The highest BCUT2D eigenvalue weighted by atomic mass is 32.2. The Kier molecular flexibility index (Phi) is 5.59. The monoisotopic (exact) mass is 420 g/mol. The van der Waals surface area contributed by atoms with Crippen LogP contribution in [0.2, 0.25) is 0 Å². The lowest BCUT2D eigenvalue weighted by Crippen LogP contribution is -2.29. The molecule has 1 saturated heterocycles. The van der Waals surface area contributed by atoms with Gasteiger partial charge in [0.05, 0.1) is 5.75 Å². The number of hydrogen-bond donors (Lipinski definition) is 1. The molecule has 0 bridgehead atoms. The van der Waals surface area contributed by atoms with Gasteiger partial charge in [-0.3, -0.25) is 14.5 Å². The summed E-state index contributed by atoms with van der Waals surface area (Å²) in [6, 6.07) is 18.9. The molecule has 0 saturated carbocycles. The topological polar surface area (TPSA) is 49.4 Å². The van der Waals surface area contributed by atoms with Crippen molar-refractivity contribution in [3.8, 4) is 0 Å². The fourth-order valence-corrected chi connectivity index (χ4v) is 4.82. The Balaban J connectivity index is 1.67. The van der Waals surface area contributed by atoms with Crippen LogP contribution in [0.25, 0.3) is 0 Å². The minimum absolute atomic E-state index is 0.0385. The number of amides is 2. The van der Waals surface area contributed by atoms with Gasteiger partial charge in [-0.05, 0) is 55.8 Å². The second kappa shape index (κ2) is 8.32. The maximum atomic E-state index is 13.2. The van der Waals surface area contributed by atoms with Gasteiger partial charge < -0.3 is 5.32 Å². The van der Waals surface area contributed by atoms with Gasteiger partial charge in [-0.2, -0.15) is 0 Å². The third-order valence-corrected chi connectivity index (χ3v) is 6.26. The fraction of sp³-hybridized carbons (Fsp3) is 0.167. The van der Waals surface area contributed by atoms with Crippen LogP contribution >= 0.6 is 11.8 Å². The molecular formula is C24H21FN2O2S. The number of thioether (sulfide) groups is 1. The number of hydrogen-bond acceptors (Lipinski definition) is 3. The quantitative estimate of drug-likeness (QED) is 0.609. The molecule has 0 aromatic heterocycles. The largest absolute Gasteiger partial charge is 0.322 e. The molecule has 1 atom stereocenters. The molecule has 3 aromatic rings. The summed E-state index contributed by atoms with van der Waals surface area (Å²) in [5.74, 6) is -0.304. The van der Waals surface area contributed by atoms with Crippen LogP contribution < -0.4 is 10.2 Å². The van der Waals surface area contributed by atoms with Crippen molar-refractivity contribution in [1.29, 1.82) is 0 Å². The Bertz CT molecular complexity index is 1110. The molecule has 1 fully saturated rings. The summed E-state index contributed by atoms with van der Waals surface area (Å²) >= 11 is 1.53. The Morgan fingerprint density at radius 1 is 1.07 bits per heavy atom. The van der Waals surface area contributed by atoms with Gasteiger partial charge in [-0.25, -0.2) is 4.39 Å². The summed E-state index contributed by atoms with van der Waals surface area (Å²) in [4.78, 5) is 27.3. The summed E-state index contributed by atoms with van der Waals surface area (Å²) in [5, 5.41) is 2.67. The number of anilines is 2. The van der Waals surface area contributed by atoms with Crippen LogP contribution in [0.1, 0.15) is 32.4 Å². The van der Waals surface area contributed by atoms with Crippen molar-refractivity contribution < 1.29 is 14.0 Å². The highest BCUT2D eigenvalue weighted by Gasteiger charge is 2.36. The highest BCUT2D eigenvalue weighted by Crippen LogP contribution is 2.45. The van der Waals surface area contributed by atoms with Crippen LogP contribution in [-0.2, 0) is 4.79 Å². The summed E-state index contributed by atoms with van der Waals surface area (Å²) in [7, 11) is 0. The predicted octanol–water partition coefficient (Wildman–Crippen LogP) is 5.47. The van der Waals surface area contributed by atoms with Crippen molar-refractivity contribution in [2.75, 3.05) is 16.0 Å². The number of aryl methyl sites for hydroxylation is 2. The standard InChI is InChI=1S/C24H21FN2O2S/c1-15-7-12-21(16(2)13-15)27-22(28)14-30-24(27)19-5-3-4-6-20(19)26-23(29)17-8-10-18(25)11-9-17/h3-13,24H,14H2,1-2H3,(H,26,29)/t24-/m1/s1. The minimum atomic E-state index is -0.392. The van der Waals surface area contributed by atoms with Crippen LogP contribution in [0, 0.1) is 19.7 Å². The summed E-state index contributed by atoms with van der Waals surface area (Å²) < 4.78 is 13.2. The molecule has 4 rings (SSSR count). The molecule has 152 valence electrons. The normalized spacial score (nSPS) is 16.0. The lowest BCUT2D eigenvalue weighted by molar-refractivity contribution is -0.115. The Labute approximate surface area is 179 Å². The molecule has 1 N–H and O–H groups in total. The molecule has 1 aliphatic rings. The maximum Gasteiger partial charge on any atom is 0.255 e. The van der Waals surface area contributed by atoms with Crippen LogP contribution in [0.3, 0.4) is 0 Å². The van der Waals surface area contributed by atoms with E-state index in [1.54, 1.807) is 0 Å². The van der Waals surface area contributed by atoms with Gasteiger partial charge in [-0.1, -0.05) is 35.9 Å². The smallest absolute Gasteiger partial charge is 0.255 e. The highest BCUT2D eigenvalue weighted by molar-refractivity contribution is 8.00. The van der Waals surface area contributed by atoms with E-state index in [9.17, 15) is 14.0 Å². The van der Waals surface area contributed by atoms with Crippen LogP contribution in [0.4, 0.5) is 15.8 Å². The van der Waals surface area contributed by atoms with Gasteiger partial charge >= 0.3 is 0 Å². The van der Waals surface area contributed by atoms with Crippen molar-refractivity contribution >= 4 is 35.0 Å². The van der Waals surface area contributed by atoms with E-state index in [1.807, 2.05) is 55.1 Å². The van der Waals surface area contributed by atoms with Crippen molar-refractivity contribution in [3.63, 3.8) is 0 Å². The lowest BCUT2D eigenvalue weighted by atomic mass is 10.1. The molecule has 6 heteroatoms. The molecule has 0 unspecified atom stereocenters. The van der Waals surface area contributed by atoms with E-state index in [0.717, 1.165) is 22.4 Å². The van der Waals surface area contributed by atoms with E-state index >= 15 is 0 Å². The zero-order chi connectivity index (χ0) is 21.3. The fourth-order valence-electron chi connectivity index (χ4n) is 3.61. The average molecular weight is 421 g/mol. The number of carbonyl (C=O) groups is 2. The third kappa shape index (κ3) is 3.96. The number of carbonyl (C=O) groups excluding carboxylic acids is 2. The number of nitrogens with zero attached hydrogens (tertiary/aromatic N) is 1. The molecule has 2 amide bonds. The van der Waals surface area contributed by atoms with Crippen LogP contribution in [-0.4, -0.2) is 17.6 Å². The molecule has 1 aliphatic heterocycles. The number of halogens is 1. The first-order chi connectivity index (χ1) is 14.4. The zero-order valence-electron chi connectivity index (χ0n) is 16.7. The number of nitrogens with one attached hydrogen (secondary N) is 1.